The van der Waals surface area contributed by atoms with Gasteiger partial charge in [0.15, 0.2) is 0 Å². The molecule has 18 heavy (non-hydrogen) atoms. The Balaban J connectivity index is 2.21. The predicted molar refractivity (Wildman–Crippen MR) is 64.2 cm³/mol. The molecule has 0 spiro atoms. The number of rotatable bonds is 2. The minimum atomic E-state index is -0.834. The molecule has 0 saturated carbocycles. The first-order chi connectivity index (χ1) is 8.41. The first-order valence-corrected chi connectivity index (χ1v) is 5.96. The van der Waals surface area contributed by atoms with E-state index in [9.17, 15) is 9.59 Å². The van der Waals surface area contributed by atoms with E-state index in [1.807, 2.05) is 6.92 Å². The molecule has 6 nitrogen and oxygen atoms in total. The summed E-state index contributed by atoms with van der Waals surface area (Å²) in [4.78, 5) is 25.0. The molecule has 0 aromatic carbocycles. The Morgan fingerprint density at radius 2 is 2.17 bits per heavy atom. The molecule has 98 valence electrons. The van der Waals surface area contributed by atoms with E-state index in [2.05, 4.69) is 5.10 Å². The van der Waals surface area contributed by atoms with Gasteiger partial charge in [0, 0.05) is 19.6 Å². The van der Waals surface area contributed by atoms with E-state index in [4.69, 9.17) is 5.11 Å². The molecular formula is C12H17N3O3. The summed E-state index contributed by atoms with van der Waals surface area (Å²) in [6.07, 6.45) is 0.513. The zero-order valence-corrected chi connectivity index (χ0v) is 10.8. The first-order valence-electron chi connectivity index (χ1n) is 5.96. The van der Waals surface area contributed by atoms with Crippen LogP contribution in [0.3, 0.4) is 0 Å². The molecular weight excluding hydrogens is 234 g/mol. The second kappa shape index (κ2) is 4.44. The number of aromatic nitrogens is 2. The number of amides is 1. The van der Waals surface area contributed by atoms with Crippen LogP contribution in [0.15, 0.2) is 6.07 Å². The van der Waals surface area contributed by atoms with Crippen molar-refractivity contribution >= 4 is 11.9 Å². The van der Waals surface area contributed by atoms with Crippen molar-refractivity contribution in [2.75, 3.05) is 6.54 Å². The van der Waals surface area contributed by atoms with Gasteiger partial charge in [-0.2, -0.15) is 5.10 Å². The monoisotopic (exact) mass is 251 g/mol. The molecule has 0 radical (unpaired) electrons. The van der Waals surface area contributed by atoms with Crippen molar-refractivity contribution in [3.63, 3.8) is 0 Å². The van der Waals surface area contributed by atoms with Crippen LogP contribution in [0, 0.1) is 12.8 Å². The summed E-state index contributed by atoms with van der Waals surface area (Å²) in [5.74, 6) is -1.45. The minimum Gasteiger partial charge on any atom is -0.481 e. The lowest BCUT2D eigenvalue weighted by molar-refractivity contribution is -0.142. The van der Waals surface area contributed by atoms with Crippen molar-refractivity contribution < 1.29 is 14.7 Å². The molecule has 0 bridgehead atoms. The van der Waals surface area contributed by atoms with Crippen LogP contribution in [0.2, 0.25) is 0 Å². The van der Waals surface area contributed by atoms with Gasteiger partial charge < -0.3 is 10.0 Å². The van der Waals surface area contributed by atoms with Crippen LogP contribution in [-0.4, -0.2) is 44.3 Å². The van der Waals surface area contributed by atoms with E-state index < -0.39 is 11.9 Å². The molecule has 1 aromatic heterocycles. The number of carbonyl (C=O) groups is 2. The Labute approximate surface area is 105 Å². The highest BCUT2D eigenvalue weighted by molar-refractivity contribution is 5.93. The number of hydrogen-bond donors (Lipinski definition) is 1. The largest absolute Gasteiger partial charge is 0.481 e. The Kier molecular flexibility index (Phi) is 3.11. The van der Waals surface area contributed by atoms with Gasteiger partial charge in [-0.15, -0.1) is 0 Å². The predicted octanol–water partition coefficient (Wildman–Crippen LogP) is 0.664. The van der Waals surface area contributed by atoms with Crippen LogP contribution >= 0.6 is 0 Å². The van der Waals surface area contributed by atoms with Gasteiger partial charge in [0.2, 0.25) is 0 Å². The van der Waals surface area contributed by atoms with Crippen LogP contribution in [0.25, 0.3) is 0 Å². The molecule has 2 atom stereocenters. The quantitative estimate of drug-likeness (QED) is 0.838. The second-order valence-electron chi connectivity index (χ2n) is 4.77. The number of nitrogens with zero attached hydrogens (tertiary/aromatic N) is 3. The zero-order valence-electron chi connectivity index (χ0n) is 10.8. The fourth-order valence-electron chi connectivity index (χ4n) is 2.51. The maximum Gasteiger partial charge on any atom is 0.308 e. The third-order valence-corrected chi connectivity index (χ3v) is 3.55. The van der Waals surface area contributed by atoms with Crippen molar-refractivity contribution in [2.24, 2.45) is 13.0 Å². The van der Waals surface area contributed by atoms with E-state index in [1.54, 1.807) is 29.6 Å². The van der Waals surface area contributed by atoms with Crippen LogP contribution in [-0.2, 0) is 11.8 Å². The van der Waals surface area contributed by atoms with Gasteiger partial charge in [0.25, 0.3) is 5.91 Å². The third kappa shape index (κ3) is 1.98. The number of likely N-dealkylation sites (tertiary alicyclic amines) is 1. The molecule has 2 heterocycles. The fraction of sp³-hybridized carbons (Fsp3) is 0.583. The van der Waals surface area contributed by atoms with Crippen LogP contribution < -0.4 is 0 Å². The molecule has 1 amide bonds. The van der Waals surface area contributed by atoms with Crippen molar-refractivity contribution in [1.29, 1.82) is 0 Å². The molecule has 0 aliphatic carbocycles. The van der Waals surface area contributed by atoms with E-state index in [-0.39, 0.29) is 11.9 Å². The summed E-state index contributed by atoms with van der Waals surface area (Å²) < 4.78 is 1.54. The number of aryl methyl sites for hydroxylation is 2. The van der Waals surface area contributed by atoms with E-state index >= 15 is 0 Å². The smallest absolute Gasteiger partial charge is 0.308 e. The average Bonchev–Trinajstić information content (AvgIpc) is 2.81. The number of hydrogen-bond acceptors (Lipinski definition) is 3. The molecule has 2 rings (SSSR count). The Bertz CT molecular complexity index is 495. The lowest BCUT2D eigenvalue weighted by Crippen LogP contribution is -2.38. The van der Waals surface area contributed by atoms with Crippen LogP contribution in [0.4, 0.5) is 0 Å². The van der Waals surface area contributed by atoms with Gasteiger partial charge in [0.05, 0.1) is 11.6 Å². The molecule has 1 aliphatic heterocycles. The highest BCUT2D eigenvalue weighted by Gasteiger charge is 2.39. The molecule has 1 aromatic rings. The molecule has 1 saturated heterocycles. The zero-order chi connectivity index (χ0) is 13.4. The summed E-state index contributed by atoms with van der Waals surface area (Å²) in [6, 6.07) is 1.45. The number of carboxylic acid groups (broad SMARTS) is 1. The lowest BCUT2D eigenvalue weighted by Gasteiger charge is -2.23. The highest BCUT2D eigenvalue weighted by atomic mass is 16.4. The fourth-order valence-corrected chi connectivity index (χ4v) is 2.51. The third-order valence-electron chi connectivity index (χ3n) is 3.55. The molecule has 6 heteroatoms. The maximum absolute atomic E-state index is 12.3. The maximum atomic E-state index is 12.3. The van der Waals surface area contributed by atoms with Gasteiger partial charge in [-0.1, -0.05) is 0 Å². The standard InChI is InChI=1S/C12H17N3O3/c1-7-6-10(14(3)13-7)11(16)15-5-4-9(8(15)2)12(17)18/h6,8-9H,4-5H2,1-3H3,(H,17,18). The topological polar surface area (TPSA) is 75.4 Å². The van der Waals surface area contributed by atoms with Crippen molar-refractivity contribution in [1.82, 2.24) is 14.7 Å². The van der Waals surface area contributed by atoms with Crippen molar-refractivity contribution in [2.45, 2.75) is 26.3 Å². The number of aliphatic carboxylic acids is 1. The highest BCUT2D eigenvalue weighted by Crippen LogP contribution is 2.26. The van der Waals surface area contributed by atoms with Crippen LogP contribution in [0.1, 0.15) is 29.5 Å². The molecule has 2 unspecified atom stereocenters. The van der Waals surface area contributed by atoms with Crippen molar-refractivity contribution in [3.8, 4) is 0 Å². The molecule has 1 fully saturated rings. The van der Waals surface area contributed by atoms with E-state index in [0.29, 0.717) is 18.7 Å². The SMILES string of the molecule is Cc1cc(C(=O)N2CCC(C(=O)O)C2C)n(C)n1. The summed E-state index contributed by atoms with van der Waals surface area (Å²) in [5, 5.41) is 13.2. The Morgan fingerprint density at radius 1 is 1.50 bits per heavy atom. The average molecular weight is 251 g/mol. The van der Waals surface area contributed by atoms with E-state index in [0.717, 1.165) is 5.69 Å². The van der Waals surface area contributed by atoms with Gasteiger partial charge >= 0.3 is 5.97 Å². The molecule has 1 N–H and O–H groups in total. The summed E-state index contributed by atoms with van der Waals surface area (Å²) in [7, 11) is 1.72. The normalized spacial score (nSPS) is 23.4. The number of carbonyl (C=O) groups excluding carboxylic acids is 1. The summed E-state index contributed by atoms with van der Waals surface area (Å²) in [6.45, 7) is 4.10. The number of carboxylic acids is 1. The Hall–Kier alpha value is -1.85. The van der Waals surface area contributed by atoms with Gasteiger partial charge in [-0.3, -0.25) is 14.3 Å². The summed E-state index contributed by atoms with van der Waals surface area (Å²) in [5.41, 5.74) is 1.29. The minimum absolute atomic E-state index is 0.144. The van der Waals surface area contributed by atoms with E-state index in [1.165, 1.54) is 0 Å². The summed E-state index contributed by atoms with van der Waals surface area (Å²) >= 11 is 0. The lowest BCUT2D eigenvalue weighted by atomic mass is 10.0. The van der Waals surface area contributed by atoms with Gasteiger partial charge in [0.1, 0.15) is 5.69 Å². The van der Waals surface area contributed by atoms with Gasteiger partial charge in [-0.05, 0) is 26.3 Å². The Morgan fingerprint density at radius 3 is 2.61 bits per heavy atom. The van der Waals surface area contributed by atoms with Gasteiger partial charge in [-0.25, -0.2) is 0 Å². The van der Waals surface area contributed by atoms with Crippen molar-refractivity contribution in [3.05, 3.63) is 17.5 Å². The van der Waals surface area contributed by atoms with Crippen LogP contribution in [0.5, 0.6) is 0 Å². The second-order valence-corrected chi connectivity index (χ2v) is 4.77. The molecule has 1 aliphatic rings. The first kappa shape index (κ1) is 12.6.